The molecule has 1 atom stereocenters. The molecule has 1 fully saturated rings. The second kappa shape index (κ2) is 7.77. The minimum Gasteiger partial charge on any atom is -0.496 e. The van der Waals surface area contributed by atoms with Crippen LogP contribution in [-0.4, -0.2) is 18.2 Å². The number of aromatic nitrogens is 1. The van der Waals surface area contributed by atoms with E-state index in [0.29, 0.717) is 12.1 Å². The van der Waals surface area contributed by atoms with Crippen molar-refractivity contribution in [3.8, 4) is 5.75 Å². The summed E-state index contributed by atoms with van der Waals surface area (Å²) >= 11 is 0. The molecule has 1 heterocycles. The molecule has 0 bridgehead atoms. The number of hydrogen-bond acceptors (Lipinski definition) is 2. The lowest BCUT2D eigenvalue weighted by Crippen LogP contribution is -2.09. The van der Waals surface area contributed by atoms with Crippen LogP contribution >= 0.6 is 0 Å². The van der Waals surface area contributed by atoms with Crippen molar-refractivity contribution in [3.05, 3.63) is 29.2 Å². The third kappa shape index (κ3) is 3.55. The van der Waals surface area contributed by atoms with E-state index >= 15 is 0 Å². The van der Waals surface area contributed by atoms with Gasteiger partial charge in [-0.15, -0.1) is 0 Å². The molecule has 0 amide bonds. The van der Waals surface area contributed by atoms with Gasteiger partial charge in [0.25, 0.3) is 0 Å². The number of benzene rings is 1. The van der Waals surface area contributed by atoms with E-state index in [1.54, 1.807) is 13.2 Å². The highest BCUT2D eigenvalue weighted by Crippen LogP contribution is 2.39. The molecule has 0 aliphatic heterocycles. The van der Waals surface area contributed by atoms with Crippen LogP contribution in [0.2, 0.25) is 0 Å². The maximum atomic E-state index is 14.9. The standard InChI is InChI=1S/C21H31FN2O/c1-14(12-23)17-13-24(2)20-18(22)11-16(21(25-3)19(17)20)10-9-15-7-5-4-6-8-15/h11,13-15H,4-10,12,23H2,1-3H3. The van der Waals surface area contributed by atoms with Crippen LogP contribution in [-0.2, 0) is 13.5 Å². The number of ether oxygens (including phenoxy) is 1. The van der Waals surface area contributed by atoms with E-state index in [0.717, 1.165) is 41.0 Å². The molecule has 1 aromatic heterocycles. The van der Waals surface area contributed by atoms with Gasteiger partial charge in [0.05, 0.1) is 12.6 Å². The van der Waals surface area contributed by atoms with Gasteiger partial charge >= 0.3 is 0 Å². The first-order chi connectivity index (χ1) is 12.1. The second-order valence-corrected chi connectivity index (χ2v) is 7.65. The van der Waals surface area contributed by atoms with E-state index in [1.807, 2.05) is 17.8 Å². The first-order valence-corrected chi connectivity index (χ1v) is 9.61. The van der Waals surface area contributed by atoms with Crippen LogP contribution in [0.15, 0.2) is 12.3 Å². The van der Waals surface area contributed by atoms with Crippen LogP contribution in [0.4, 0.5) is 4.39 Å². The fraction of sp³-hybridized carbons (Fsp3) is 0.619. The SMILES string of the molecule is COc1c(CCC2CCCCC2)cc(F)c2c1c(C(C)CN)cn2C. The zero-order chi connectivity index (χ0) is 18.0. The molecule has 2 N–H and O–H groups in total. The summed E-state index contributed by atoms with van der Waals surface area (Å²) in [4.78, 5) is 0. The Balaban J connectivity index is 2.00. The van der Waals surface area contributed by atoms with Crippen molar-refractivity contribution in [1.82, 2.24) is 4.57 Å². The zero-order valence-electron chi connectivity index (χ0n) is 15.8. The molecule has 3 rings (SSSR count). The highest BCUT2D eigenvalue weighted by atomic mass is 19.1. The second-order valence-electron chi connectivity index (χ2n) is 7.65. The molecule has 1 aromatic carbocycles. The van der Waals surface area contributed by atoms with E-state index in [4.69, 9.17) is 10.5 Å². The predicted molar refractivity (Wildman–Crippen MR) is 102 cm³/mol. The Bertz CT molecular complexity index is 731. The molecule has 0 saturated heterocycles. The van der Waals surface area contributed by atoms with Gasteiger partial charge in [0.2, 0.25) is 0 Å². The smallest absolute Gasteiger partial charge is 0.147 e. The number of rotatable bonds is 6. The molecule has 0 spiro atoms. The monoisotopic (exact) mass is 346 g/mol. The summed E-state index contributed by atoms with van der Waals surface area (Å²) in [5.41, 5.74) is 8.58. The quantitative estimate of drug-likeness (QED) is 0.808. The van der Waals surface area contributed by atoms with Crippen molar-refractivity contribution < 1.29 is 9.13 Å². The Kier molecular flexibility index (Phi) is 5.67. The molecular weight excluding hydrogens is 315 g/mol. The van der Waals surface area contributed by atoms with Gasteiger partial charge < -0.3 is 15.0 Å². The fourth-order valence-corrected chi connectivity index (χ4v) is 4.38. The highest BCUT2D eigenvalue weighted by Gasteiger charge is 2.23. The Morgan fingerprint density at radius 1 is 1.32 bits per heavy atom. The van der Waals surface area contributed by atoms with E-state index in [9.17, 15) is 4.39 Å². The van der Waals surface area contributed by atoms with Gasteiger partial charge in [-0.3, -0.25) is 0 Å². The molecule has 0 radical (unpaired) electrons. The third-order valence-corrected chi connectivity index (χ3v) is 5.89. The molecule has 3 nitrogen and oxygen atoms in total. The molecule has 1 unspecified atom stereocenters. The number of methoxy groups -OCH3 is 1. The first kappa shape index (κ1) is 18.2. The number of halogens is 1. The van der Waals surface area contributed by atoms with Crippen LogP contribution in [0, 0.1) is 11.7 Å². The number of hydrogen-bond donors (Lipinski definition) is 1. The van der Waals surface area contributed by atoms with Crippen molar-refractivity contribution in [2.75, 3.05) is 13.7 Å². The van der Waals surface area contributed by atoms with Crippen LogP contribution in [0.25, 0.3) is 10.9 Å². The third-order valence-electron chi connectivity index (χ3n) is 5.89. The summed E-state index contributed by atoms with van der Waals surface area (Å²) in [6.07, 6.45) is 10.7. The van der Waals surface area contributed by atoms with Gasteiger partial charge in [-0.2, -0.15) is 0 Å². The molecule has 1 saturated carbocycles. The molecule has 4 heteroatoms. The molecule has 1 aliphatic rings. The summed E-state index contributed by atoms with van der Waals surface area (Å²) in [7, 11) is 3.58. The number of nitrogens with zero attached hydrogens (tertiary/aromatic N) is 1. The highest BCUT2D eigenvalue weighted by molar-refractivity contribution is 5.92. The maximum absolute atomic E-state index is 14.9. The van der Waals surface area contributed by atoms with Crippen LogP contribution in [0.1, 0.15) is 62.5 Å². The Morgan fingerprint density at radius 3 is 2.68 bits per heavy atom. The maximum Gasteiger partial charge on any atom is 0.147 e. The fourth-order valence-electron chi connectivity index (χ4n) is 4.38. The van der Waals surface area contributed by atoms with Crippen molar-refractivity contribution in [2.24, 2.45) is 18.7 Å². The Morgan fingerprint density at radius 2 is 2.04 bits per heavy atom. The molecule has 25 heavy (non-hydrogen) atoms. The zero-order valence-corrected chi connectivity index (χ0v) is 15.8. The predicted octanol–water partition coefficient (Wildman–Crippen LogP) is 4.90. The molecule has 138 valence electrons. The van der Waals surface area contributed by atoms with Gasteiger partial charge in [-0.25, -0.2) is 4.39 Å². The van der Waals surface area contributed by atoms with Crippen molar-refractivity contribution in [2.45, 2.75) is 57.8 Å². The van der Waals surface area contributed by atoms with Gasteiger partial charge in [-0.05, 0) is 48.4 Å². The minimum absolute atomic E-state index is 0.160. The minimum atomic E-state index is -0.160. The Hall–Kier alpha value is -1.55. The molecule has 1 aliphatic carbocycles. The van der Waals surface area contributed by atoms with E-state index in [-0.39, 0.29) is 11.7 Å². The summed E-state index contributed by atoms with van der Waals surface area (Å²) in [6.45, 7) is 2.62. The molecule has 2 aromatic rings. The van der Waals surface area contributed by atoms with Crippen LogP contribution in [0.5, 0.6) is 5.75 Å². The summed E-state index contributed by atoms with van der Waals surface area (Å²) in [5.74, 6) is 1.62. The number of fused-ring (bicyclic) bond motifs is 1. The van der Waals surface area contributed by atoms with Gasteiger partial charge in [0, 0.05) is 18.6 Å². The van der Waals surface area contributed by atoms with Gasteiger partial charge in [0.1, 0.15) is 11.6 Å². The van der Waals surface area contributed by atoms with Gasteiger partial charge in [-0.1, -0.05) is 39.0 Å². The summed E-state index contributed by atoms with van der Waals surface area (Å²) in [5, 5.41) is 0.904. The van der Waals surface area contributed by atoms with Crippen molar-refractivity contribution >= 4 is 10.9 Å². The number of aryl methyl sites for hydroxylation is 2. The van der Waals surface area contributed by atoms with Crippen LogP contribution < -0.4 is 10.5 Å². The first-order valence-electron chi connectivity index (χ1n) is 9.61. The molecular formula is C21H31FN2O. The van der Waals surface area contributed by atoms with Crippen LogP contribution in [0.3, 0.4) is 0 Å². The van der Waals surface area contributed by atoms with E-state index < -0.39 is 0 Å². The van der Waals surface area contributed by atoms with E-state index in [1.165, 1.54) is 32.1 Å². The van der Waals surface area contributed by atoms with Gasteiger partial charge in [0.15, 0.2) is 0 Å². The lowest BCUT2D eigenvalue weighted by molar-refractivity contribution is 0.336. The lowest BCUT2D eigenvalue weighted by atomic mass is 9.85. The summed E-state index contributed by atoms with van der Waals surface area (Å²) in [6, 6.07) is 1.68. The topological polar surface area (TPSA) is 40.2 Å². The van der Waals surface area contributed by atoms with Crippen molar-refractivity contribution in [1.29, 1.82) is 0 Å². The largest absolute Gasteiger partial charge is 0.496 e. The average molecular weight is 346 g/mol. The van der Waals surface area contributed by atoms with E-state index in [2.05, 4.69) is 6.92 Å². The number of nitrogens with two attached hydrogens (primary N) is 1. The lowest BCUT2D eigenvalue weighted by Gasteiger charge is -2.22. The summed E-state index contributed by atoms with van der Waals surface area (Å²) < 4.78 is 22.5. The van der Waals surface area contributed by atoms with Crippen molar-refractivity contribution in [3.63, 3.8) is 0 Å². The average Bonchev–Trinajstić information content (AvgIpc) is 2.98. The Labute approximate surface area is 150 Å². The normalized spacial score (nSPS) is 17.2.